The fraction of sp³-hybridized carbons (Fsp3) is 1.00. The summed E-state index contributed by atoms with van der Waals surface area (Å²) in [4.78, 5) is 0. The lowest BCUT2D eigenvalue weighted by Gasteiger charge is -2.46. The lowest BCUT2D eigenvalue weighted by Crippen LogP contribution is -2.59. The van der Waals surface area contributed by atoms with Crippen LogP contribution in [0.3, 0.4) is 0 Å². The van der Waals surface area contributed by atoms with Gasteiger partial charge >= 0.3 is 26.4 Å². The monoisotopic (exact) mass is 709 g/mol. The second-order valence-corrected chi connectivity index (χ2v) is 34.1. The Morgan fingerprint density at radius 3 is 0.683 bits per heavy atom. The van der Waals surface area contributed by atoms with Crippen LogP contribution in [0.25, 0.3) is 0 Å². The highest BCUT2D eigenvalue weighted by Crippen LogP contribution is 2.35. The summed E-state index contributed by atoms with van der Waals surface area (Å²) < 4.78 is 71.3. The maximum Gasteiger partial charge on any atom is 0.499 e. The van der Waals surface area contributed by atoms with Crippen LogP contribution in [0.1, 0.15) is 0 Å². The minimum absolute atomic E-state index is 0.604. The van der Waals surface area contributed by atoms with Gasteiger partial charge in [0.2, 0.25) is 5.60 Å². The quantitative estimate of drug-likeness (QED) is 0.107. The van der Waals surface area contributed by atoms with E-state index in [1.54, 1.807) is 64.0 Å². The van der Waals surface area contributed by atoms with Crippen molar-refractivity contribution in [1.29, 1.82) is 0 Å². The Balaban J connectivity index is 6.14. The van der Waals surface area contributed by atoms with E-state index < -0.39 is 57.0 Å². The van der Waals surface area contributed by atoms with Gasteiger partial charge < -0.3 is 53.1 Å². The van der Waals surface area contributed by atoms with Crippen molar-refractivity contribution >= 4 is 61.6 Å². The summed E-state index contributed by atoms with van der Waals surface area (Å²) >= 11 is 0. The predicted molar refractivity (Wildman–Crippen MR) is 173 cm³/mol. The van der Waals surface area contributed by atoms with Crippen LogP contribution >= 0.6 is 0 Å². The Morgan fingerprint density at radius 1 is 0.366 bits per heavy atom. The SMILES string of the molecule is CO[Si](CC[Si](C)(C)OC([Si])(O[Si](C)(C)CC[Si](OC)(OC)OC)O[Si](C)(C)CC[Si](OC)(OC)OC)(OC)OC. The first-order valence-electron chi connectivity index (χ1n) is 13.6. The molecular weight excluding hydrogens is 653 g/mol. The van der Waals surface area contributed by atoms with Crippen LogP contribution in [0.15, 0.2) is 0 Å². The van der Waals surface area contributed by atoms with Gasteiger partial charge in [0.25, 0.3) is 0 Å². The van der Waals surface area contributed by atoms with Crippen LogP contribution in [0.2, 0.25) is 75.5 Å². The molecule has 0 bridgehead atoms. The van der Waals surface area contributed by atoms with E-state index in [0.29, 0.717) is 36.3 Å². The van der Waals surface area contributed by atoms with Crippen LogP contribution in [0, 0.1) is 0 Å². The molecule has 245 valence electrons. The van der Waals surface area contributed by atoms with Crippen molar-refractivity contribution in [2.45, 2.75) is 81.1 Å². The highest BCUT2D eigenvalue weighted by atomic mass is 28.4. The predicted octanol–water partition coefficient (Wildman–Crippen LogP) is 4.07. The molecule has 0 aromatic rings. The molecule has 0 aliphatic heterocycles. The molecular formula is C22H57O12Si7. The Kier molecular flexibility index (Phi) is 18.1. The van der Waals surface area contributed by atoms with E-state index in [0.717, 1.165) is 0 Å². The molecule has 19 heteroatoms. The highest BCUT2D eigenvalue weighted by molar-refractivity contribution is 6.76. The number of rotatable bonds is 24. The van der Waals surface area contributed by atoms with Crippen LogP contribution < -0.4 is 0 Å². The molecule has 0 aliphatic carbocycles. The maximum absolute atomic E-state index is 6.82. The molecule has 0 spiro atoms. The zero-order valence-corrected chi connectivity index (χ0v) is 35.1. The molecule has 3 radical (unpaired) electrons. The second kappa shape index (κ2) is 17.7. The molecule has 0 unspecified atom stereocenters. The maximum atomic E-state index is 6.82. The number of hydrogen-bond donors (Lipinski definition) is 0. The van der Waals surface area contributed by atoms with Crippen molar-refractivity contribution in [2.75, 3.05) is 64.0 Å². The summed E-state index contributed by atoms with van der Waals surface area (Å²) in [5, 5.41) is 0. The average Bonchev–Trinajstić information content (AvgIpc) is 2.90. The van der Waals surface area contributed by atoms with E-state index >= 15 is 0 Å². The van der Waals surface area contributed by atoms with E-state index in [2.05, 4.69) is 49.5 Å². The Hall–Kier alpha value is 1.04. The van der Waals surface area contributed by atoms with Crippen molar-refractivity contribution in [3.63, 3.8) is 0 Å². The molecule has 0 aromatic carbocycles. The average molecular weight is 710 g/mol. The van der Waals surface area contributed by atoms with Gasteiger partial charge in [0.05, 0.1) is 0 Å². The Morgan fingerprint density at radius 2 is 0.537 bits per heavy atom. The molecule has 0 N–H and O–H groups in total. The molecule has 0 aromatic heterocycles. The van der Waals surface area contributed by atoms with Gasteiger partial charge in [-0.3, -0.25) is 0 Å². The fourth-order valence-corrected chi connectivity index (χ4v) is 24.0. The van der Waals surface area contributed by atoms with Crippen LogP contribution in [0.5, 0.6) is 0 Å². The van der Waals surface area contributed by atoms with Crippen molar-refractivity contribution < 1.29 is 53.1 Å². The molecule has 0 saturated carbocycles. The van der Waals surface area contributed by atoms with Gasteiger partial charge in [-0.2, -0.15) is 0 Å². The summed E-state index contributed by atoms with van der Waals surface area (Å²) in [5.74, 6) is 0. The van der Waals surface area contributed by atoms with E-state index in [-0.39, 0.29) is 0 Å². The van der Waals surface area contributed by atoms with Crippen molar-refractivity contribution in [2.24, 2.45) is 0 Å². The summed E-state index contributed by atoms with van der Waals surface area (Å²) in [6.45, 7) is 12.7. The molecule has 0 heterocycles. The third kappa shape index (κ3) is 13.9. The Labute approximate surface area is 259 Å². The van der Waals surface area contributed by atoms with Gasteiger partial charge in [-0.1, -0.05) is 0 Å². The molecule has 0 atom stereocenters. The van der Waals surface area contributed by atoms with E-state index in [9.17, 15) is 0 Å². The zero-order chi connectivity index (χ0) is 32.2. The van der Waals surface area contributed by atoms with E-state index in [1.807, 2.05) is 0 Å². The summed E-state index contributed by atoms with van der Waals surface area (Å²) in [7, 11) is 2.70. The molecule has 0 fully saturated rings. The van der Waals surface area contributed by atoms with Crippen molar-refractivity contribution in [3.05, 3.63) is 0 Å². The van der Waals surface area contributed by atoms with Crippen LogP contribution in [-0.2, 0) is 53.1 Å². The zero-order valence-electron chi connectivity index (χ0n) is 28.1. The van der Waals surface area contributed by atoms with Crippen LogP contribution in [0.4, 0.5) is 0 Å². The van der Waals surface area contributed by atoms with Gasteiger partial charge in [0, 0.05) is 82.1 Å². The van der Waals surface area contributed by atoms with Crippen molar-refractivity contribution in [1.82, 2.24) is 0 Å². The fourth-order valence-electron chi connectivity index (χ4n) is 4.34. The summed E-state index contributed by atoms with van der Waals surface area (Å²) in [5.41, 5.74) is -1.46. The summed E-state index contributed by atoms with van der Waals surface area (Å²) in [6, 6.07) is 3.93. The molecule has 0 saturated heterocycles. The van der Waals surface area contributed by atoms with E-state index in [4.69, 9.17) is 53.1 Å². The first-order chi connectivity index (χ1) is 18.8. The third-order valence-electron chi connectivity index (χ3n) is 7.13. The molecule has 12 nitrogen and oxygen atoms in total. The normalized spacial score (nSPS) is 14.6. The van der Waals surface area contributed by atoms with Gasteiger partial charge in [-0.05, 0) is 57.4 Å². The van der Waals surface area contributed by atoms with E-state index in [1.165, 1.54) is 0 Å². The summed E-state index contributed by atoms with van der Waals surface area (Å²) in [6.07, 6.45) is 0. The van der Waals surface area contributed by atoms with Crippen molar-refractivity contribution in [3.8, 4) is 0 Å². The Bertz CT molecular complexity index is 618. The standard InChI is InChI=1S/C22H57O12Si7/c1-23-39(24-2,25-3)19-16-36(10,11)32-22(35,33-37(12,13)17-20-40(26-4,27-5)28-6)34-38(14,15)18-21-41(29-7,30-8)31-9/h16-21H2,1-15H3. The lowest BCUT2D eigenvalue weighted by atomic mass is 10.9. The second-order valence-electron chi connectivity index (χ2n) is 11.5. The van der Waals surface area contributed by atoms with Gasteiger partial charge in [-0.25, -0.2) is 0 Å². The molecule has 0 rings (SSSR count). The smallest absolute Gasteiger partial charge is 0.377 e. The van der Waals surface area contributed by atoms with Gasteiger partial charge in [0.1, 0.15) is 0 Å². The molecule has 0 amide bonds. The molecule has 41 heavy (non-hydrogen) atoms. The highest BCUT2D eigenvalue weighted by Gasteiger charge is 2.49. The topological polar surface area (TPSA) is 111 Å². The van der Waals surface area contributed by atoms with Gasteiger partial charge in [-0.15, -0.1) is 0 Å². The molecule has 0 aliphatic rings. The largest absolute Gasteiger partial charge is 0.499 e. The number of hydrogen-bond acceptors (Lipinski definition) is 12. The van der Waals surface area contributed by atoms with Crippen LogP contribution in [-0.4, -0.2) is 131 Å². The lowest BCUT2D eigenvalue weighted by molar-refractivity contribution is -0.203. The third-order valence-corrected chi connectivity index (χ3v) is 24.6. The first-order valence-corrected chi connectivity index (χ1v) is 29.2. The minimum Gasteiger partial charge on any atom is -0.377 e. The first kappa shape index (κ1) is 42.0. The minimum atomic E-state index is -2.79. The van der Waals surface area contributed by atoms with Gasteiger partial charge in [0.15, 0.2) is 35.2 Å².